The molecule has 2 aromatic carbocycles. The molecule has 2 aromatic rings. The minimum absolute atomic E-state index is 0.231. The van der Waals surface area contributed by atoms with E-state index in [0.717, 1.165) is 4.47 Å². The van der Waals surface area contributed by atoms with E-state index < -0.39 is 11.8 Å². The molecular weight excluding hydrogens is 479 g/mol. The van der Waals surface area contributed by atoms with Crippen molar-refractivity contribution in [2.75, 3.05) is 13.2 Å². The molecule has 9 heteroatoms. The van der Waals surface area contributed by atoms with Gasteiger partial charge in [-0.3, -0.25) is 20.4 Å². The van der Waals surface area contributed by atoms with Crippen LogP contribution < -0.4 is 20.3 Å². The number of carbonyl (C=O) groups is 2. The molecule has 132 valence electrons. The van der Waals surface area contributed by atoms with Crippen LogP contribution >= 0.6 is 43.5 Å². The molecule has 0 bridgehead atoms. The Kier molecular flexibility index (Phi) is 7.54. The van der Waals surface area contributed by atoms with Gasteiger partial charge in [0.1, 0.15) is 11.5 Å². The van der Waals surface area contributed by atoms with Gasteiger partial charge >= 0.3 is 0 Å². The van der Waals surface area contributed by atoms with Gasteiger partial charge in [-0.15, -0.1) is 0 Å². The van der Waals surface area contributed by atoms with Gasteiger partial charge in [0, 0.05) is 9.50 Å². The van der Waals surface area contributed by atoms with Gasteiger partial charge in [-0.05, 0) is 58.4 Å². The summed E-state index contributed by atoms with van der Waals surface area (Å²) < 4.78 is 12.1. The largest absolute Gasteiger partial charge is 0.484 e. The zero-order valence-corrected chi connectivity index (χ0v) is 16.7. The van der Waals surface area contributed by atoms with Gasteiger partial charge in [-0.25, -0.2) is 0 Å². The van der Waals surface area contributed by atoms with Crippen molar-refractivity contribution in [1.29, 1.82) is 0 Å². The molecule has 0 heterocycles. The van der Waals surface area contributed by atoms with Crippen molar-refractivity contribution in [3.63, 3.8) is 0 Å². The lowest BCUT2D eigenvalue weighted by atomic mass is 10.3. The maximum absolute atomic E-state index is 11.7. The van der Waals surface area contributed by atoms with Gasteiger partial charge in [0.25, 0.3) is 11.8 Å². The Morgan fingerprint density at radius 2 is 1.52 bits per heavy atom. The molecule has 0 saturated heterocycles. The zero-order valence-electron chi connectivity index (χ0n) is 12.7. The second-order valence-corrected chi connectivity index (χ2v) is 6.91. The Bertz CT molecular complexity index is 756. The SMILES string of the molecule is O=C(COc1ccc(Br)cc1)NNC(=O)COc1ccc(Cl)cc1Br. The quantitative estimate of drug-likeness (QED) is 0.606. The number of hydrazine groups is 1. The second-order valence-electron chi connectivity index (χ2n) is 4.70. The van der Waals surface area contributed by atoms with Crippen molar-refractivity contribution in [3.8, 4) is 11.5 Å². The first-order valence-electron chi connectivity index (χ1n) is 6.98. The first kappa shape index (κ1) is 19.6. The maximum Gasteiger partial charge on any atom is 0.276 e. The number of rotatable bonds is 6. The second kappa shape index (κ2) is 9.65. The van der Waals surface area contributed by atoms with Crippen LogP contribution in [-0.2, 0) is 9.59 Å². The summed E-state index contributed by atoms with van der Waals surface area (Å²) in [5.74, 6) is -0.00664. The van der Waals surface area contributed by atoms with E-state index in [-0.39, 0.29) is 13.2 Å². The molecule has 2 rings (SSSR count). The van der Waals surface area contributed by atoms with Gasteiger partial charge in [0.15, 0.2) is 13.2 Å². The van der Waals surface area contributed by atoms with E-state index in [1.807, 2.05) is 0 Å². The third-order valence-corrected chi connectivity index (χ3v) is 4.16. The van der Waals surface area contributed by atoms with Crippen molar-refractivity contribution in [2.24, 2.45) is 0 Å². The summed E-state index contributed by atoms with van der Waals surface area (Å²) in [4.78, 5) is 23.3. The number of nitrogens with one attached hydrogen (secondary N) is 2. The van der Waals surface area contributed by atoms with Crippen LogP contribution in [0, 0.1) is 0 Å². The molecule has 0 fully saturated rings. The highest BCUT2D eigenvalue weighted by molar-refractivity contribution is 9.10. The summed E-state index contributed by atoms with van der Waals surface area (Å²) in [6.45, 7) is -0.500. The van der Waals surface area contributed by atoms with E-state index in [0.29, 0.717) is 21.0 Å². The standard InChI is InChI=1S/C16H13Br2ClN2O4/c17-10-1-4-12(5-2-10)24-8-15(22)20-21-16(23)9-25-14-6-3-11(19)7-13(14)18/h1-7H,8-9H2,(H,20,22)(H,21,23). The number of amides is 2. The van der Waals surface area contributed by atoms with Crippen LogP contribution in [-0.4, -0.2) is 25.0 Å². The smallest absolute Gasteiger partial charge is 0.276 e. The zero-order chi connectivity index (χ0) is 18.2. The minimum atomic E-state index is -0.515. The molecule has 6 nitrogen and oxygen atoms in total. The molecule has 0 aliphatic heterocycles. The number of hydrogen-bond acceptors (Lipinski definition) is 4. The first-order chi connectivity index (χ1) is 11.9. The highest BCUT2D eigenvalue weighted by atomic mass is 79.9. The normalized spacial score (nSPS) is 10.0. The summed E-state index contributed by atoms with van der Waals surface area (Å²) in [7, 11) is 0. The average Bonchev–Trinajstić information content (AvgIpc) is 2.58. The number of halogens is 3. The van der Waals surface area contributed by atoms with Gasteiger partial charge < -0.3 is 9.47 Å². The number of hydrogen-bond donors (Lipinski definition) is 2. The fourth-order valence-corrected chi connectivity index (χ4v) is 2.69. The summed E-state index contributed by atoms with van der Waals surface area (Å²) >= 11 is 12.4. The highest BCUT2D eigenvalue weighted by Gasteiger charge is 2.08. The topological polar surface area (TPSA) is 76.7 Å². The number of carbonyl (C=O) groups excluding carboxylic acids is 2. The van der Waals surface area contributed by atoms with Crippen molar-refractivity contribution in [2.45, 2.75) is 0 Å². The van der Waals surface area contributed by atoms with Crippen LogP contribution in [0.2, 0.25) is 5.02 Å². The molecule has 0 spiro atoms. The summed E-state index contributed by atoms with van der Waals surface area (Å²) in [5, 5.41) is 0.543. The summed E-state index contributed by atoms with van der Waals surface area (Å²) in [5.41, 5.74) is 4.48. The average molecular weight is 493 g/mol. The lowest BCUT2D eigenvalue weighted by Crippen LogP contribution is -2.45. The molecule has 0 aliphatic carbocycles. The van der Waals surface area contributed by atoms with E-state index in [4.69, 9.17) is 21.1 Å². The Morgan fingerprint density at radius 1 is 0.920 bits per heavy atom. The van der Waals surface area contributed by atoms with Crippen LogP contribution in [0.15, 0.2) is 51.4 Å². The van der Waals surface area contributed by atoms with Crippen molar-refractivity contribution >= 4 is 55.3 Å². The Hall–Kier alpha value is -1.77. The number of benzene rings is 2. The third-order valence-electron chi connectivity index (χ3n) is 2.78. The summed E-state index contributed by atoms with van der Waals surface area (Å²) in [6.07, 6.45) is 0. The van der Waals surface area contributed by atoms with Crippen LogP contribution in [0.25, 0.3) is 0 Å². The van der Waals surface area contributed by atoms with E-state index in [9.17, 15) is 9.59 Å². The van der Waals surface area contributed by atoms with E-state index >= 15 is 0 Å². The van der Waals surface area contributed by atoms with E-state index in [1.165, 1.54) is 0 Å². The predicted molar refractivity (Wildman–Crippen MR) is 101 cm³/mol. The fourth-order valence-electron chi connectivity index (χ4n) is 1.63. The molecule has 0 radical (unpaired) electrons. The van der Waals surface area contributed by atoms with E-state index in [1.54, 1.807) is 42.5 Å². The first-order valence-corrected chi connectivity index (χ1v) is 8.94. The van der Waals surface area contributed by atoms with Gasteiger partial charge in [0.2, 0.25) is 0 Å². The van der Waals surface area contributed by atoms with Gasteiger partial charge in [-0.1, -0.05) is 27.5 Å². The molecule has 0 unspecified atom stereocenters. The van der Waals surface area contributed by atoms with Gasteiger partial charge in [-0.2, -0.15) is 0 Å². The molecule has 0 saturated carbocycles. The third kappa shape index (κ3) is 6.93. The molecule has 2 N–H and O–H groups in total. The molecule has 0 aliphatic rings. The fraction of sp³-hybridized carbons (Fsp3) is 0.125. The highest BCUT2D eigenvalue weighted by Crippen LogP contribution is 2.27. The van der Waals surface area contributed by atoms with Crippen molar-refractivity contribution in [3.05, 3.63) is 56.4 Å². The van der Waals surface area contributed by atoms with Crippen LogP contribution in [0.1, 0.15) is 0 Å². The van der Waals surface area contributed by atoms with Crippen LogP contribution in [0.4, 0.5) is 0 Å². The lowest BCUT2D eigenvalue weighted by molar-refractivity contribution is -0.131. The molecule has 0 atom stereocenters. The molecule has 2 amide bonds. The van der Waals surface area contributed by atoms with Crippen molar-refractivity contribution < 1.29 is 19.1 Å². The van der Waals surface area contributed by atoms with Crippen molar-refractivity contribution in [1.82, 2.24) is 10.9 Å². The minimum Gasteiger partial charge on any atom is -0.484 e. The Morgan fingerprint density at radius 3 is 2.12 bits per heavy atom. The molecular formula is C16H13Br2ClN2O4. The van der Waals surface area contributed by atoms with Crippen LogP contribution in [0.3, 0.4) is 0 Å². The maximum atomic E-state index is 11.7. The lowest BCUT2D eigenvalue weighted by Gasteiger charge is -2.10. The predicted octanol–water partition coefficient (Wildman–Crippen LogP) is 3.47. The summed E-state index contributed by atoms with van der Waals surface area (Å²) in [6, 6.07) is 11.9. The Balaban J connectivity index is 1.68. The Labute approximate surface area is 166 Å². The monoisotopic (exact) mass is 490 g/mol. The number of ether oxygens (including phenoxy) is 2. The van der Waals surface area contributed by atoms with Gasteiger partial charge in [0.05, 0.1) is 4.47 Å². The molecule has 25 heavy (non-hydrogen) atoms. The van der Waals surface area contributed by atoms with Crippen LogP contribution in [0.5, 0.6) is 11.5 Å². The van der Waals surface area contributed by atoms with E-state index in [2.05, 4.69) is 42.7 Å². The molecule has 0 aromatic heterocycles.